The lowest BCUT2D eigenvalue weighted by molar-refractivity contribution is -0.122. The van der Waals surface area contributed by atoms with Gasteiger partial charge in [-0.1, -0.05) is 35.5 Å². The number of nitrogens with zero attached hydrogens (tertiary/aromatic N) is 3. The number of carbonyl (C=O) groups excluding carboxylic acids is 2. The van der Waals surface area contributed by atoms with Crippen molar-refractivity contribution in [1.82, 2.24) is 15.0 Å². The van der Waals surface area contributed by atoms with Gasteiger partial charge in [-0.15, -0.1) is 0 Å². The molecule has 9 heteroatoms. The maximum Gasteiger partial charge on any atom is 0.321 e. The SMILES string of the molecule is CC1Oc2ccc(NC(=O)N3CCC(c4nc(-c5ccccc5)no4)CC3)cc2NC1=O. The van der Waals surface area contributed by atoms with Gasteiger partial charge < -0.3 is 24.8 Å². The van der Waals surface area contributed by atoms with Crippen LogP contribution in [0.2, 0.25) is 0 Å². The van der Waals surface area contributed by atoms with Crippen LogP contribution in [-0.2, 0) is 4.79 Å². The molecule has 2 aromatic carbocycles. The van der Waals surface area contributed by atoms with E-state index in [9.17, 15) is 9.59 Å². The second kappa shape index (κ2) is 8.33. The Hall–Kier alpha value is -3.88. The van der Waals surface area contributed by atoms with E-state index in [-0.39, 0.29) is 17.9 Å². The van der Waals surface area contributed by atoms with E-state index in [4.69, 9.17) is 9.26 Å². The van der Waals surface area contributed by atoms with Crippen molar-refractivity contribution in [2.75, 3.05) is 23.7 Å². The van der Waals surface area contributed by atoms with Gasteiger partial charge in [-0.05, 0) is 38.0 Å². The minimum atomic E-state index is -0.535. The summed E-state index contributed by atoms with van der Waals surface area (Å²) in [7, 11) is 0. The van der Waals surface area contributed by atoms with Crippen molar-refractivity contribution in [2.45, 2.75) is 31.8 Å². The number of carbonyl (C=O) groups is 2. The molecule has 2 aliphatic heterocycles. The van der Waals surface area contributed by atoms with E-state index >= 15 is 0 Å². The van der Waals surface area contributed by atoms with Gasteiger partial charge in [0.25, 0.3) is 5.91 Å². The summed E-state index contributed by atoms with van der Waals surface area (Å²) in [5.41, 5.74) is 2.06. The molecule has 9 nitrogen and oxygen atoms in total. The number of aromatic nitrogens is 2. The first-order valence-corrected chi connectivity index (χ1v) is 10.6. The zero-order chi connectivity index (χ0) is 22.1. The first-order chi connectivity index (χ1) is 15.6. The third kappa shape index (κ3) is 4.01. The molecule has 1 fully saturated rings. The highest BCUT2D eigenvalue weighted by Gasteiger charge is 2.28. The number of hydrogen-bond donors (Lipinski definition) is 2. The number of amides is 3. The predicted molar refractivity (Wildman–Crippen MR) is 117 cm³/mol. The van der Waals surface area contributed by atoms with Gasteiger partial charge in [-0.3, -0.25) is 4.79 Å². The van der Waals surface area contributed by atoms with E-state index < -0.39 is 6.10 Å². The molecule has 3 heterocycles. The molecule has 1 aromatic heterocycles. The molecule has 0 aliphatic carbocycles. The van der Waals surface area contributed by atoms with Crippen LogP contribution in [0, 0.1) is 0 Å². The van der Waals surface area contributed by atoms with Crippen LogP contribution in [0.1, 0.15) is 31.6 Å². The molecule has 5 rings (SSSR count). The number of hydrogen-bond acceptors (Lipinski definition) is 6. The molecule has 32 heavy (non-hydrogen) atoms. The molecular formula is C23H23N5O4. The highest BCUT2D eigenvalue weighted by Crippen LogP contribution is 2.33. The smallest absolute Gasteiger partial charge is 0.321 e. The standard InChI is InChI=1S/C23H23N5O4/c1-14-21(29)25-18-13-17(7-8-19(18)31-14)24-23(30)28-11-9-16(10-12-28)22-26-20(27-32-22)15-5-3-2-4-6-15/h2-8,13-14,16H,9-12H2,1H3,(H,24,30)(H,25,29). The second-order valence-electron chi connectivity index (χ2n) is 7.97. The Morgan fingerprint density at radius 2 is 1.94 bits per heavy atom. The number of piperidine rings is 1. The van der Waals surface area contributed by atoms with E-state index in [1.54, 1.807) is 30.0 Å². The number of likely N-dealkylation sites (tertiary alicyclic amines) is 1. The second-order valence-corrected chi connectivity index (χ2v) is 7.97. The number of anilines is 2. The number of benzene rings is 2. The van der Waals surface area contributed by atoms with E-state index in [2.05, 4.69) is 20.8 Å². The summed E-state index contributed by atoms with van der Waals surface area (Å²) in [4.78, 5) is 30.9. The summed E-state index contributed by atoms with van der Waals surface area (Å²) in [5.74, 6) is 1.70. The molecular weight excluding hydrogens is 410 g/mol. The molecule has 164 valence electrons. The first kappa shape index (κ1) is 20.0. The molecule has 0 radical (unpaired) electrons. The molecule has 0 bridgehead atoms. The lowest BCUT2D eigenvalue weighted by atomic mass is 9.97. The van der Waals surface area contributed by atoms with Crippen molar-refractivity contribution in [3.05, 3.63) is 54.4 Å². The minimum absolute atomic E-state index is 0.127. The van der Waals surface area contributed by atoms with Crippen LogP contribution in [0.15, 0.2) is 53.1 Å². The minimum Gasteiger partial charge on any atom is -0.479 e. The van der Waals surface area contributed by atoms with Gasteiger partial charge in [0.15, 0.2) is 6.10 Å². The Morgan fingerprint density at radius 3 is 2.72 bits per heavy atom. The topological polar surface area (TPSA) is 110 Å². The van der Waals surface area contributed by atoms with Crippen LogP contribution in [0.4, 0.5) is 16.2 Å². The molecule has 1 atom stereocenters. The van der Waals surface area contributed by atoms with Crippen molar-refractivity contribution in [1.29, 1.82) is 0 Å². The number of urea groups is 1. The molecule has 2 aliphatic rings. The van der Waals surface area contributed by atoms with Crippen LogP contribution >= 0.6 is 0 Å². The molecule has 3 aromatic rings. The van der Waals surface area contributed by atoms with Crippen molar-refractivity contribution in [3.8, 4) is 17.1 Å². The predicted octanol–water partition coefficient (Wildman–Crippen LogP) is 3.87. The Balaban J connectivity index is 1.18. The fourth-order valence-corrected chi connectivity index (χ4v) is 3.92. The van der Waals surface area contributed by atoms with Crippen LogP contribution in [0.25, 0.3) is 11.4 Å². The number of ether oxygens (including phenoxy) is 1. The van der Waals surface area contributed by atoms with Crippen molar-refractivity contribution >= 4 is 23.3 Å². The summed E-state index contributed by atoms with van der Waals surface area (Å²) in [6.45, 7) is 2.86. The van der Waals surface area contributed by atoms with Gasteiger partial charge in [-0.25, -0.2) is 4.79 Å². The van der Waals surface area contributed by atoms with Crippen molar-refractivity contribution in [3.63, 3.8) is 0 Å². The third-order valence-electron chi connectivity index (χ3n) is 5.77. The van der Waals surface area contributed by atoms with Crippen LogP contribution in [0.5, 0.6) is 5.75 Å². The van der Waals surface area contributed by atoms with E-state index in [0.717, 1.165) is 18.4 Å². The number of nitrogens with one attached hydrogen (secondary N) is 2. The third-order valence-corrected chi connectivity index (χ3v) is 5.77. The zero-order valence-electron chi connectivity index (χ0n) is 17.6. The summed E-state index contributed by atoms with van der Waals surface area (Å²) in [6, 6.07) is 14.7. The number of fused-ring (bicyclic) bond motifs is 1. The molecule has 0 spiro atoms. The Labute approximate surface area is 184 Å². The Kier molecular flexibility index (Phi) is 5.22. The van der Waals surface area contributed by atoms with Crippen LogP contribution < -0.4 is 15.4 Å². The van der Waals surface area contributed by atoms with E-state index in [0.29, 0.717) is 41.9 Å². The average molecular weight is 433 g/mol. The zero-order valence-corrected chi connectivity index (χ0v) is 17.6. The summed E-state index contributed by atoms with van der Waals surface area (Å²) in [6.07, 6.45) is 0.956. The summed E-state index contributed by atoms with van der Waals surface area (Å²) < 4.78 is 11.0. The largest absolute Gasteiger partial charge is 0.479 e. The number of rotatable bonds is 3. The van der Waals surface area contributed by atoms with E-state index in [1.807, 2.05) is 30.3 Å². The fourth-order valence-electron chi connectivity index (χ4n) is 3.92. The van der Waals surface area contributed by atoms with Crippen molar-refractivity contribution < 1.29 is 18.8 Å². The van der Waals surface area contributed by atoms with Crippen LogP contribution in [-0.4, -0.2) is 46.2 Å². The molecule has 3 amide bonds. The maximum atomic E-state index is 12.7. The average Bonchev–Trinajstić information content (AvgIpc) is 3.31. The molecule has 1 unspecified atom stereocenters. The normalized spacial score (nSPS) is 18.5. The monoisotopic (exact) mass is 433 g/mol. The fraction of sp³-hybridized carbons (Fsp3) is 0.304. The van der Waals surface area contributed by atoms with Crippen molar-refractivity contribution in [2.24, 2.45) is 0 Å². The molecule has 2 N–H and O–H groups in total. The Bertz CT molecular complexity index is 1140. The Morgan fingerprint density at radius 1 is 1.16 bits per heavy atom. The summed E-state index contributed by atoms with van der Waals surface area (Å²) >= 11 is 0. The molecule has 1 saturated heterocycles. The molecule has 0 saturated carbocycles. The quantitative estimate of drug-likeness (QED) is 0.649. The van der Waals surface area contributed by atoms with Gasteiger partial charge >= 0.3 is 6.03 Å². The van der Waals surface area contributed by atoms with E-state index in [1.165, 1.54) is 0 Å². The summed E-state index contributed by atoms with van der Waals surface area (Å²) in [5, 5.41) is 9.78. The lowest BCUT2D eigenvalue weighted by Crippen LogP contribution is -2.40. The maximum absolute atomic E-state index is 12.7. The highest BCUT2D eigenvalue weighted by molar-refractivity contribution is 5.99. The highest BCUT2D eigenvalue weighted by atomic mass is 16.5. The van der Waals surface area contributed by atoms with Gasteiger partial charge in [0.05, 0.1) is 5.69 Å². The van der Waals surface area contributed by atoms with Gasteiger partial charge in [0, 0.05) is 30.3 Å². The lowest BCUT2D eigenvalue weighted by Gasteiger charge is -2.30. The van der Waals surface area contributed by atoms with Crippen LogP contribution in [0.3, 0.4) is 0 Å². The first-order valence-electron chi connectivity index (χ1n) is 10.6. The van der Waals surface area contributed by atoms with Gasteiger partial charge in [-0.2, -0.15) is 4.98 Å². The van der Waals surface area contributed by atoms with Gasteiger partial charge in [0.2, 0.25) is 11.7 Å². The van der Waals surface area contributed by atoms with Gasteiger partial charge in [0.1, 0.15) is 5.75 Å².